The molecule has 0 amide bonds. The second kappa shape index (κ2) is 13.7. The lowest BCUT2D eigenvalue weighted by Crippen LogP contribution is -2.40. The Morgan fingerprint density at radius 2 is 1.71 bits per heavy atom. The molecule has 9 nitrogen and oxygen atoms in total. The molecule has 0 spiro atoms. The number of carbonyl (C=O) groups excluding carboxylic acids is 1. The number of halogens is 2. The van der Waals surface area contributed by atoms with Crippen LogP contribution in [0, 0.1) is 5.82 Å². The van der Waals surface area contributed by atoms with Crippen LogP contribution in [-0.4, -0.2) is 38.5 Å². The van der Waals surface area contributed by atoms with Gasteiger partial charge in [-0.1, -0.05) is 51.5 Å². The Morgan fingerprint density at radius 3 is 2.40 bits per heavy atom. The van der Waals surface area contributed by atoms with Crippen molar-refractivity contribution >= 4 is 39.3 Å². The molecule has 0 saturated heterocycles. The van der Waals surface area contributed by atoms with Crippen molar-refractivity contribution in [3.05, 3.63) is 113 Å². The fourth-order valence-corrected chi connectivity index (χ4v) is 6.57. The first kappa shape index (κ1) is 32.0. The zero-order valence-corrected chi connectivity index (χ0v) is 27.6. The van der Waals surface area contributed by atoms with E-state index in [0.29, 0.717) is 59.2 Å². The highest BCUT2D eigenvalue weighted by Crippen LogP contribution is 2.41. The van der Waals surface area contributed by atoms with Crippen molar-refractivity contribution in [1.82, 2.24) is 4.57 Å². The van der Waals surface area contributed by atoms with E-state index in [1.807, 2.05) is 0 Å². The molecule has 1 atom stereocenters. The molecule has 1 aromatic heterocycles. The fraction of sp³-hybridized carbons (Fsp3) is 0.242. The number of esters is 1. The van der Waals surface area contributed by atoms with Gasteiger partial charge in [-0.25, -0.2) is 14.2 Å². The lowest BCUT2D eigenvalue weighted by Gasteiger charge is -2.26. The normalized spacial score (nSPS) is 14.5. The van der Waals surface area contributed by atoms with Crippen molar-refractivity contribution in [2.24, 2.45) is 4.99 Å². The molecule has 0 bridgehead atoms. The molecular formula is C33H30BrFN2O7S. The van der Waals surface area contributed by atoms with Crippen molar-refractivity contribution in [3.8, 4) is 23.0 Å². The van der Waals surface area contributed by atoms with E-state index in [4.69, 9.17) is 23.7 Å². The smallest absolute Gasteiger partial charge is 0.338 e. The average molecular weight is 698 g/mol. The monoisotopic (exact) mass is 696 g/mol. The van der Waals surface area contributed by atoms with Crippen LogP contribution < -0.4 is 33.8 Å². The minimum Gasteiger partial charge on any atom is -0.493 e. The number of benzene rings is 3. The Hall–Kier alpha value is -4.42. The number of hydrogen-bond donors (Lipinski definition) is 0. The van der Waals surface area contributed by atoms with Gasteiger partial charge in [0.1, 0.15) is 12.4 Å². The van der Waals surface area contributed by atoms with E-state index < -0.39 is 12.0 Å². The van der Waals surface area contributed by atoms with Gasteiger partial charge in [-0.3, -0.25) is 9.36 Å². The number of ether oxygens (including phenoxy) is 5. The molecule has 0 unspecified atom stereocenters. The molecule has 0 aliphatic carbocycles. The molecule has 0 saturated carbocycles. The van der Waals surface area contributed by atoms with Crippen LogP contribution in [0.15, 0.2) is 80.1 Å². The van der Waals surface area contributed by atoms with Crippen LogP contribution in [0.5, 0.6) is 23.0 Å². The molecule has 0 radical (unpaired) electrons. The summed E-state index contributed by atoms with van der Waals surface area (Å²) >= 11 is 4.80. The average Bonchev–Trinajstić information content (AvgIpc) is 3.33. The number of methoxy groups -OCH3 is 3. The zero-order chi connectivity index (χ0) is 32.2. The molecule has 1 aliphatic rings. The summed E-state index contributed by atoms with van der Waals surface area (Å²) in [5.41, 5.74) is 2.00. The maximum absolute atomic E-state index is 14.1. The van der Waals surface area contributed by atoms with E-state index in [-0.39, 0.29) is 30.2 Å². The second-order valence-electron chi connectivity index (χ2n) is 9.82. The molecule has 12 heteroatoms. The van der Waals surface area contributed by atoms with Gasteiger partial charge in [-0.15, -0.1) is 0 Å². The first-order valence-corrected chi connectivity index (χ1v) is 15.5. The Kier molecular flexibility index (Phi) is 9.74. The standard InChI is InChI=1S/C33H30BrFN2O7S/c1-6-43-32(39)29-18(2)36-33-37(30(29)21-15-26(41-4)27(42-5)16-22(21)34)31(38)28(45-33)14-19-11-12-24(25(13-19)40-3)44-17-20-9-7-8-10-23(20)35/h7-16,30H,6,17H2,1-5H3/b28-14-/t30-/m0/s1. The van der Waals surface area contributed by atoms with Gasteiger partial charge in [-0.05, 0) is 61.4 Å². The van der Waals surface area contributed by atoms with Gasteiger partial charge in [0.2, 0.25) is 0 Å². The molecule has 0 fully saturated rings. The van der Waals surface area contributed by atoms with E-state index in [1.165, 1.54) is 43.3 Å². The van der Waals surface area contributed by atoms with E-state index in [0.717, 1.165) is 0 Å². The third-order valence-electron chi connectivity index (χ3n) is 7.14. The topological polar surface area (TPSA) is 97.6 Å². The largest absolute Gasteiger partial charge is 0.493 e. The van der Waals surface area contributed by atoms with Gasteiger partial charge in [0.25, 0.3) is 5.56 Å². The summed E-state index contributed by atoms with van der Waals surface area (Å²) in [5, 5.41) is 0. The minimum atomic E-state index is -0.861. The fourth-order valence-electron chi connectivity index (χ4n) is 4.98. The van der Waals surface area contributed by atoms with Crippen molar-refractivity contribution in [3.63, 3.8) is 0 Å². The number of fused-ring (bicyclic) bond motifs is 1. The molecule has 45 heavy (non-hydrogen) atoms. The Labute approximate surface area is 270 Å². The Morgan fingerprint density at radius 1 is 1.02 bits per heavy atom. The predicted octanol–water partition coefficient (Wildman–Crippen LogP) is 5.30. The van der Waals surface area contributed by atoms with Gasteiger partial charge < -0.3 is 23.7 Å². The van der Waals surface area contributed by atoms with E-state index in [2.05, 4.69) is 20.9 Å². The van der Waals surface area contributed by atoms with Gasteiger partial charge in [0, 0.05) is 10.0 Å². The van der Waals surface area contributed by atoms with Crippen LogP contribution in [-0.2, 0) is 16.1 Å². The van der Waals surface area contributed by atoms with Crippen LogP contribution in [0.1, 0.15) is 36.6 Å². The SMILES string of the molecule is CCOC(=O)C1=C(C)N=c2s/c(=C\c3ccc(OCc4ccccc4F)c(OC)c3)c(=O)n2[C@H]1c1cc(OC)c(OC)cc1Br. The van der Waals surface area contributed by atoms with Crippen molar-refractivity contribution in [1.29, 1.82) is 0 Å². The molecule has 4 aromatic rings. The van der Waals surface area contributed by atoms with Crippen LogP contribution in [0.2, 0.25) is 0 Å². The molecular weight excluding hydrogens is 667 g/mol. The summed E-state index contributed by atoms with van der Waals surface area (Å²) in [6, 6.07) is 14.2. The summed E-state index contributed by atoms with van der Waals surface area (Å²) in [4.78, 5) is 32.4. The van der Waals surface area contributed by atoms with Crippen LogP contribution >= 0.6 is 27.3 Å². The first-order chi connectivity index (χ1) is 21.7. The molecule has 5 rings (SSSR count). The van der Waals surface area contributed by atoms with Crippen LogP contribution in [0.25, 0.3) is 6.08 Å². The van der Waals surface area contributed by atoms with Crippen LogP contribution in [0.3, 0.4) is 0 Å². The van der Waals surface area contributed by atoms with Gasteiger partial charge in [0.15, 0.2) is 27.8 Å². The molecule has 2 heterocycles. The maximum atomic E-state index is 14.1. The number of thiazole rings is 1. The predicted molar refractivity (Wildman–Crippen MR) is 171 cm³/mol. The summed E-state index contributed by atoms with van der Waals surface area (Å²) in [5.74, 6) is 0.820. The first-order valence-electron chi connectivity index (χ1n) is 13.9. The van der Waals surface area contributed by atoms with Crippen molar-refractivity contribution in [2.45, 2.75) is 26.5 Å². The molecule has 3 aromatic carbocycles. The highest BCUT2D eigenvalue weighted by molar-refractivity contribution is 9.10. The summed E-state index contributed by atoms with van der Waals surface area (Å²) in [7, 11) is 4.54. The number of rotatable bonds is 10. The molecule has 234 valence electrons. The highest BCUT2D eigenvalue weighted by Gasteiger charge is 2.35. The Balaban J connectivity index is 1.60. The highest BCUT2D eigenvalue weighted by atomic mass is 79.9. The summed E-state index contributed by atoms with van der Waals surface area (Å²) < 4.78 is 44.3. The van der Waals surface area contributed by atoms with Gasteiger partial charge in [-0.2, -0.15) is 0 Å². The Bertz CT molecular complexity index is 1990. The van der Waals surface area contributed by atoms with Crippen molar-refractivity contribution < 1.29 is 32.9 Å². The van der Waals surface area contributed by atoms with E-state index in [9.17, 15) is 14.0 Å². The third kappa shape index (κ3) is 6.38. The molecule has 1 aliphatic heterocycles. The lowest BCUT2D eigenvalue weighted by atomic mass is 9.95. The number of allylic oxidation sites excluding steroid dienone is 1. The minimum absolute atomic E-state index is 0.0227. The van der Waals surface area contributed by atoms with E-state index in [1.54, 1.807) is 68.5 Å². The number of aromatic nitrogens is 1. The quantitative estimate of drug-likeness (QED) is 0.208. The number of hydrogen-bond acceptors (Lipinski definition) is 9. The number of carbonyl (C=O) groups is 1. The summed E-state index contributed by atoms with van der Waals surface area (Å²) in [6.07, 6.45) is 1.72. The molecule has 0 N–H and O–H groups in total. The summed E-state index contributed by atoms with van der Waals surface area (Å²) in [6.45, 7) is 3.61. The lowest BCUT2D eigenvalue weighted by molar-refractivity contribution is -0.139. The van der Waals surface area contributed by atoms with Gasteiger partial charge >= 0.3 is 5.97 Å². The van der Waals surface area contributed by atoms with E-state index >= 15 is 0 Å². The third-order valence-corrected chi connectivity index (χ3v) is 8.81. The maximum Gasteiger partial charge on any atom is 0.338 e. The van der Waals surface area contributed by atoms with Gasteiger partial charge in [0.05, 0.1) is 49.8 Å². The van der Waals surface area contributed by atoms with Crippen molar-refractivity contribution in [2.75, 3.05) is 27.9 Å². The zero-order valence-electron chi connectivity index (χ0n) is 25.2. The number of nitrogens with zero attached hydrogens (tertiary/aromatic N) is 2. The van der Waals surface area contributed by atoms with Crippen LogP contribution in [0.4, 0.5) is 4.39 Å². The second-order valence-corrected chi connectivity index (χ2v) is 11.7.